The number of nitro groups is 1. The molecule has 24 nitrogen and oxygen atoms in total. The first kappa shape index (κ1) is 66.9. The minimum atomic E-state index is -1.24. The summed E-state index contributed by atoms with van der Waals surface area (Å²) in [6.07, 6.45) is 3.51. The molecule has 4 N–H and O–H groups in total. The molecule has 1 heterocycles. The smallest absolute Gasteiger partial charge is 0.328 e. The third-order valence-electron chi connectivity index (χ3n) is 13.4. The number of halogens is 1. The monoisotopic (exact) mass is 1170 g/mol. The third-order valence-corrected chi connectivity index (χ3v) is 13.9. The SMILES string of the molecule is COCCN(CC(=O)N(CCOC)CC(=O)N(CCOC)CC(=O)N(CCc1ccc(Br)cc1)CC(=O)N(CCOC)CC(=O)N[C@H]1CCOC1=O)C(=O)/C=C/[C@@H](C(C)C)[C@](C)(NC(=O)[C@@H](N)C(C)C)c1ccc([N+](=O)[O-])cc1. The van der Waals surface area contributed by atoms with Crippen LogP contribution in [0.15, 0.2) is 65.2 Å². The highest BCUT2D eigenvalue weighted by molar-refractivity contribution is 9.10. The lowest BCUT2D eigenvalue weighted by Gasteiger charge is -2.41. The number of ether oxygens (including phenoxy) is 5. The number of nitro benzene ring substituents is 1. The number of esters is 1. The van der Waals surface area contributed by atoms with Gasteiger partial charge in [-0.1, -0.05) is 61.8 Å². The zero-order valence-corrected chi connectivity index (χ0v) is 48.5. The zero-order valence-electron chi connectivity index (χ0n) is 46.9. The van der Waals surface area contributed by atoms with Crippen molar-refractivity contribution >= 4 is 68.9 Å². The van der Waals surface area contributed by atoms with E-state index in [4.69, 9.17) is 29.4 Å². The van der Waals surface area contributed by atoms with E-state index in [-0.39, 0.29) is 89.7 Å². The molecule has 0 saturated carbocycles. The molecular formula is C54H80BrN9O15. The minimum Gasteiger partial charge on any atom is -0.464 e. The molecule has 0 aromatic heterocycles. The molecule has 79 heavy (non-hydrogen) atoms. The van der Waals surface area contributed by atoms with Crippen LogP contribution in [0.3, 0.4) is 0 Å². The van der Waals surface area contributed by atoms with Gasteiger partial charge in [0, 0.05) is 90.1 Å². The Bertz CT molecular complexity index is 2380. The Balaban J connectivity index is 1.93. The molecule has 0 bridgehead atoms. The molecule has 438 valence electrons. The maximum Gasteiger partial charge on any atom is 0.328 e. The van der Waals surface area contributed by atoms with E-state index < -0.39 is 109 Å². The van der Waals surface area contributed by atoms with E-state index in [9.17, 15) is 48.5 Å². The average Bonchev–Trinajstić information content (AvgIpc) is 3.83. The molecule has 2 aromatic rings. The van der Waals surface area contributed by atoms with Crippen molar-refractivity contribution in [1.29, 1.82) is 0 Å². The first-order valence-corrected chi connectivity index (χ1v) is 26.9. The second kappa shape index (κ2) is 33.9. The molecule has 2 aromatic carbocycles. The fraction of sp³-hybridized carbons (Fsp3) is 0.593. The number of cyclic esters (lactones) is 1. The Morgan fingerprint density at radius 1 is 0.722 bits per heavy atom. The van der Waals surface area contributed by atoms with Crippen LogP contribution in [0, 0.1) is 27.9 Å². The number of rotatable bonds is 35. The fourth-order valence-electron chi connectivity index (χ4n) is 8.54. The number of carbonyl (C=O) groups excluding carboxylic acids is 8. The normalized spacial score (nSPS) is 14.7. The van der Waals surface area contributed by atoms with E-state index >= 15 is 0 Å². The van der Waals surface area contributed by atoms with Gasteiger partial charge in [0.1, 0.15) is 12.6 Å². The number of hydrogen-bond donors (Lipinski definition) is 3. The van der Waals surface area contributed by atoms with Crippen molar-refractivity contribution in [3.05, 3.63) is 86.4 Å². The highest BCUT2D eigenvalue weighted by atomic mass is 79.9. The molecule has 0 aliphatic carbocycles. The number of benzene rings is 2. The van der Waals surface area contributed by atoms with E-state index in [1.54, 1.807) is 39.0 Å². The largest absolute Gasteiger partial charge is 0.464 e. The molecule has 0 spiro atoms. The summed E-state index contributed by atoms with van der Waals surface area (Å²) in [5.74, 6) is -5.85. The Labute approximate surface area is 471 Å². The highest BCUT2D eigenvalue weighted by Gasteiger charge is 2.40. The quantitative estimate of drug-likeness (QED) is 0.0384. The number of nitrogens with two attached hydrogens (primary N) is 1. The van der Waals surface area contributed by atoms with Crippen molar-refractivity contribution in [3.8, 4) is 0 Å². The van der Waals surface area contributed by atoms with Crippen molar-refractivity contribution in [2.24, 2.45) is 23.5 Å². The van der Waals surface area contributed by atoms with E-state index in [1.165, 1.54) is 71.1 Å². The van der Waals surface area contributed by atoms with E-state index in [0.717, 1.165) is 10.0 Å². The van der Waals surface area contributed by atoms with Crippen molar-refractivity contribution in [1.82, 2.24) is 35.1 Å². The third kappa shape index (κ3) is 21.7. The maximum absolute atomic E-state index is 14.5. The summed E-state index contributed by atoms with van der Waals surface area (Å²) in [6, 6.07) is 11.4. The number of carbonyl (C=O) groups is 8. The van der Waals surface area contributed by atoms with E-state index in [1.807, 2.05) is 38.1 Å². The summed E-state index contributed by atoms with van der Waals surface area (Å²) in [5, 5.41) is 17.2. The summed E-state index contributed by atoms with van der Waals surface area (Å²) in [5.41, 5.74) is 6.24. The first-order valence-electron chi connectivity index (χ1n) is 26.1. The van der Waals surface area contributed by atoms with Gasteiger partial charge in [0.2, 0.25) is 41.4 Å². The lowest BCUT2D eigenvalue weighted by molar-refractivity contribution is -0.384. The second-order valence-corrected chi connectivity index (χ2v) is 20.8. The summed E-state index contributed by atoms with van der Waals surface area (Å²) in [7, 11) is 5.69. The van der Waals surface area contributed by atoms with Gasteiger partial charge in [-0.3, -0.25) is 43.7 Å². The highest BCUT2D eigenvalue weighted by Crippen LogP contribution is 2.37. The Morgan fingerprint density at radius 2 is 1.18 bits per heavy atom. The topological polar surface area (TPSA) is 292 Å². The predicted octanol–water partition coefficient (Wildman–Crippen LogP) is 1.90. The molecule has 0 radical (unpaired) electrons. The molecule has 0 unspecified atom stereocenters. The average molecular weight is 1180 g/mol. The second-order valence-electron chi connectivity index (χ2n) is 19.8. The summed E-state index contributed by atoms with van der Waals surface area (Å²) in [4.78, 5) is 127. The van der Waals surface area contributed by atoms with Crippen molar-refractivity contribution in [2.75, 3.05) is 127 Å². The van der Waals surface area contributed by atoms with Crippen LogP contribution in [0.1, 0.15) is 52.2 Å². The summed E-state index contributed by atoms with van der Waals surface area (Å²) >= 11 is 3.43. The number of non-ortho nitro benzene ring substituents is 1. The fourth-order valence-corrected chi connectivity index (χ4v) is 8.81. The van der Waals surface area contributed by atoms with Crippen molar-refractivity contribution in [3.63, 3.8) is 0 Å². The Morgan fingerprint density at radius 3 is 1.61 bits per heavy atom. The van der Waals surface area contributed by atoms with Gasteiger partial charge >= 0.3 is 5.97 Å². The van der Waals surface area contributed by atoms with Gasteiger partial charge < -0.3 is 64.6 Å². The number of amides is 7. The first-order chi connectivity index (χ1) is 37.5. The van der Waals surface area contributed by atoms with Crippen LogP contribution >= 0.6 is 15.9 Å². The lowest BCUT2D eigenvalue weighted by Crippen LogP contribution is -2.55. The van der Waals surface area contributed by atoms with Gasteiger partial charge in [0.15, 0.2) is 0 Å². The molecule has 4 atom stereocenters. The number of hydrogen-bond acceptors (Lipinski definition) is 16. The zero-order chi connectivity index (χ0) is 58.8. The van der Waals surface area contributed by atoms with Gasteiger partial charge in [-0.25, -0.2) is 4.79 Å². The molecule has 1 aliphatic heterocycles. The van der Waals surface area contributed by atoms with Gasteiger partial charge in [0.05, 0.1) is 75.7 Å². The number of nitrogens with one attached hydrogen (secondary N) is 2. The van der Waals surface area contributed by atoms with Gasteiger partial charge in [-0.05, 0) is 66.6 Å². The molecule has 1 fully saturated rings. The van der Waals surface area contributed by atoms with Gasteiger partial charge in [-0.15, -0.1) is 0 Å². The minimum absolute atomic E-state index is 0.000292. The number of nitrogens with zero attached hydrogens (tertiary/aromatic N) is 6. The molecule has 1 aliphatic rings. The van der Waals surface area contributed by atoms with Crippen LogP contribution in [-0.2, 0) is 74.0 Å². The van der Waals surface area contributed by atoms with Crippen LogP contribution in [-0.4, -0.2) is 216 Å². The Hall–Kier alpha value is -6.38. The van der Waals surface area contributed by atoms with Crippen LogP contribution in [0.25, 0.3) is 0 Å². The summed E-state index contributed by atoms with van der Waals surface area (Å²) in [6.45, 7) is 6.64. The predicted molar refractivity (Wildman–Crippen MR) is 295 cm³/mol. The van der Waals surface area contributed by atoms with E-state index in [2.05, 4.69) is 26.6 Å². The lowest BCUT2D eigenvalue weighted by atomic mass is 9.73. The summed E-state index contributed by atoms with van der Waals surface area (Å²) < 4.78 is 26.9. The molecular weight excluding hydrogens is 1090 g/mol. The standard InChI is InChI=1S/C54H80BrN9O15/c1-37(2)43(54(5,58-52(71)51(56)38(3)4)40-12-16-42(17-13-40)64(73)74)18-19-46(66)61(24-29-76-7)34-49(69)63(26-31-78-9)36-50(70)62(25-30-77-8)35-47(67)59(22-20-39-10-14-41(55)15-11-39)33-48(68)60(23-28-75-6)32-45(65)57-44-21-27-79-53(44)72/h10-19,37-38,43-44,51H,20-36,56H2,1-9H3,(H,57,65)(H,58,71)/b19-18+/t43-,44-,51-,54+/m0/s1. The van der Waals surface area contributed by atoms with Crippen LogP contribution in [0.5, 0.6) is 0 Å². The van der Waals surface area contributed by atoms with Crippen molar-refractivity contribution < 1.29 is 67.0 Å². The molecule has 25 heteroatoms. The molecule has 1 saturated heterocycles. The van der Waals surface area contributed by atoms with Crippen molar-refractivity contribution in [2.45, 2.75) is 65.1 Å². The Kier molecular flexibility index (Phi) is 28.7. The number of methoxy groups -OCH3 is 4. The van der Waals surface area contributed by atoms with Gasteiger partial charge in [-0.2, -0.15) is 0 Å². The maximum atomic E-state index is 14.5. The molecule has 3 rings (SSSR count). The van der Waals surface area contributed by atoms with Crippen LogP contribution < -0.4 is 16.4 Å². The van der Waals surface area contributed by atoms with Crippen LogP contribution in [0.4, 0.5) is 5.69 Å². The van der Waals surface area contributed by atoms with E-state index in [0.29, 0.717) is 12.0 Å². The molecule has 7 amide bonds. The van der Waals surface area contributed by atoms with Gasteiger partial charge in [0.25, 0.3) is 5.69 Å². The van der Waals surface area contributed by atoms with Crippen LogP contribution in [0.2, 0.25) is 0 Å².